The SMILES string of the molecule is Nc1ncn(Cc2ccc(Cl)cc2)c(=O)n1. The summed E-state index contributed by atoms with van der Waals surface area (Å²) >= 11 is 5.76. The molecule has 1 aromatic carbocycles. The van der Waals surface area contributed by atoms with Crippen LogP contribution in [0.5, 0.6) is 0 Å². The second kappa shape index (κ2) is 4.32. The van der Waals surface area contributed by atoms with E-state index in [9.17, 15) is 4.79 Å². The normalized spacial score (nSPS) is 10.3. The number of nitrogens with two attached hydrogens (primary N) is 1. The molecule has 0 aliphatic rings. The largest absolute Gasteiger partial charge is 0.368 e. The summed E-state index contributed by atoms with van der Waals surface area (Å²) in [6.45, 7) is 0.399. The van der Waals surface area contributed by atoms with Gasteiger partial charge in [-0.15, -0.1) is 0 Å². The van der Waals surface area contributed by atoms with E-state index in [1.165, 1.54) is 10.9 Å². The zero-order chi connectivity index (χ0) is 11.5. The van der Waals surface area contributed by atoms with Crippen molar-refractivity contribution < 1.29 is 0 Å². The van der Waals surface area contributed by atoms with Crippen molar-refractivity contribution in [2.24, 2.45) is 0 Å². The average Bonchev–Trinajstić information content (AvgIpc) is 2.25. The number of aromatic nitrogens is 3. The molecule has 0 unspecified atom stereocenters. The fourth-order valence-electron chi connectivity index (χ4n) is 1.26. The van der Waals surface area contributed by atoms with Crippen molar-refractivity contribution in [2.45, 2.75) is 6.54 Å². The van der Waals surface area contributed by atoms with E-state index in [4.69, 9.17) is 17.3 Å². The lowest BCUT2D eigenvalue weighted by Gasteiger charge is -2.04. The van der Waals surface area contributed by atoms with Gasteiger partial charge in [0.05, 0.1) is 6.54 Å². The van der Waals surface area contributed by atoms with Crippen LogP contribution < -0.4 is 11.4 Å². The molecule has 0 atom stereocenters. The summed E-state index contributed by atoms with van der Waals surface area (Å²) < 4.78 is 1.37. The number of nitrogen functional groups attached to an aromatic ring is 1. The molecule has 0 bridgehead atoms. The van der Waals surface area contributed by atoms with Gasteiger partial charge in [-0.05, 0) is 17.7 Å². The lowest BCUT2D eigenvalue weighted by atomic mass is 10.2. The Hall–Kier alpha value is -1.88. The first-order valence-electron chi connectivity index (χ1n) is 4.58. The number of hydrogen-bond donors (Lipinski definition) is 1. The summed E-state index contributed by atoms with van der Waals surface area (Å²) in [5.41, 5.74) is 5.82. The van der Waals surface area contributed by atoms with E-state index in [1.54, 1.807) is 12.1 Å². The predicted octanol–water partition coefficient (Wildman–Crippen LogP) is 0.922. The number of rotatable bonds is 2. The summed E-state index contributed by atoms with van der Waals surface area (Å²) in [5.74, 6) is -0.0163. The molecule has 82 valence electrons. The zero-order valence-electron chi connectivity index (χ0n) is 8.30. The molecular weight excluding hydrogens is 228 g/mol. The van der Waals surface area contributed by atoms with Gasteiger partial charge in [0.2, 0.25) is 5.95 Å². The summed E-state index contributed by atoms with van der Waals surface area (Å²) in [7, 11) is 0. The molecule has 0 aliphatic carbocycles. The van der Waals surface area contributed by atoms with Crippen molar-refractivity contribution in [1.29, 1.82) is 0 Å². The molecule has 0 aliphatic heterocycles. The Balaban J connectivity index is 2.27. The third kappa shape index (κ3) is 2.38. The Morgan fingerprint density at radius 3 is 2.62 bits per heavy atom. The molecule has 2 N–H and O–H groups in total. The number of hydrogen-bond acceptors (Lipinski definition) is 4. The van der Waals surface area contributed by atoms with Gasteiger partial charge in [-0.3, -0.25) is 4.57 Å². The van der Waals surface area contributed by atoms with Crippen LogP contribution in [-0.4, -0.2) is 14.5 Å². The molecule has 0 radical (unpaired) electrons. The van der Waals surface area contributed by atoms with Crippen LogP contribution in [0.25, 0.3) is 0 Å². The summed E-state index contributed by atoms with van der Waals surface area (Å²) in [4.78, 5) is 18.7. The minimum atomic E-state index is -0.414. The van der Waals surface area contributed by atoms with Crippen molar-refractivity contribution in [3.05, 3.63) is 51.7 Å². The third-order valence-electron chi connectivity index (χ3n) is 2.05. The van der Waals surface area contributed by atoms with E-state index in [-0.39, 0.29) is 5.95 Å². The molecular formula is C10H9ClN4O. The second-order valence-corrected chi connectivity index (χ2v) is 3.69. The number of anilines is 1. The van der Waals surface area contributed by atoms with Crippen molar-refractivity contribution in [1.82, 2.24) is 14.5 Å². The third-order valence-corrected chi connectivity index (χ3v) is 2.30. The minimum absolute atomic E-state index is 0.0163. The van der Waals surface area contributed by atoms with Crippen LogP contribution in [-0.2, 0) is 6.54 Å². The van der Waals surface area contributed by atoms with Gasteiger partial charge < -0.3 is 5.73 Å². The van der Waals surface area contributed by atoms with Crippen LogP contribution >= 0.6 is 11.6 Å². The van der Waals surface area contributed by atoms with E-state index in [2.05, 4.69) is 9.97 Å². The maximum atomic E-state index is 11.4. The molecule has 5 nitrogen and oxygen atoms in total. The zero-order valence-corrected chi connectivity index (χ0v) is 9.05. The number of halogens is 1. The van der Waals surface area contributed by atoms with Gasteiger partial charge in [-0.1, -0.05) is 23.7 Å². The van der Waals surface area contributed by atoms with E-state index >= 15 is 0 Å². The smallest absolute Gasteiger partial charge is 0.352 e. The first kappa shape index (κ1) is 10.6. The average molecular weight is 237 g/mol. The molecule has 0 fully saturated rings. The van der Waals surface area contributed by atoms with Crippen LogP contribution in [0.2, 0.25) is 5.02 Å². The van der Waals surface area contributed by atoms with Gasteiger partial charge in [-0.25, -0.2) is 9.78 Å². The highest BCUT2D eigenvalue weighted by Crippen LogP contribution is 2.09. The van der Waals surface area contributed by atoms with Crippen molar-refractivity contribution in [3.63, 3.8) is 0 Å². The van der Waals surface area contributed by atoms with Gasteiger partial charge in [-0.2, -0.15) is 4.98 Å². The summed E-state index contributed by atoms with van der Waals surface area (Å²) in [6, 6.07) is 7.20. The summed E-state index contributed by atoms with van der Waals surface area (Å²) in [5, 5.41) is 0.657. The Labute approximate surface area is 96.5 Å². The topological polar surface area (TPSA) is 73.8 Å². The lowest BCUT2D eigenvalue weighted by Crippen LogP contribution is -2.24. The highest BCUT2D eigenvalue weighted by molar-refractivity contribution is 6.30. The van der Waals surface area contributed by atoms with Crippen LogP contribution in [0.15, 0.2) is 35.4 Å². The van der Waals surface area contributed by atoms with Gasteiger partial charge in [0.1, 0.15) is 6.33 Å². The second-order valence-electron chi connectivity index (χ2n) is 3.25. The first-order chi connectivity index (χ1) is 7.65. The van der Waals surface area contributed by atoms with Crippen LogP contribution in [0, 0.1) is 0 Å². The van der Waals surface area contributed by atoms with Crippen molar-refractivity contribution >= 4 is 17.5 Å². The van der Waals surface area contributed by atoms with Crippen LogP contribution in [0.1, 0.15) is 5.56 Å². The lowest BCUT2D eigenvalue weighted by molar-refractivity contribution is 0.704. The molecule has 0 saturated carbocycles. The standard InChI is InChI=1S/C10H9ClN4O/c11-8-3-1-7(2-4-8)5-15-6-13-9(12)14-10(15)16/h1-4,6H,5H2,(H2,12,14,16). The molecule has 2 aromatic rings. The Kier molecular flexibility index (Phi) is 2.87. The molecule has 1 heterocycles. The van der Waals surface area contributed by atoms with Gasteiger partial charge in [0.25, 0.3) is 0 Å². The fraction of sp³-hybridized carbons (Fsp3) is 0.100. The Bertz CT molecular complexity index is 549. The fourth-order valence-corrected chi connectivity index (χ4v) is 1.39. The monoisotopic (exact) mass is 236 g/mol. The van der Waals surface area contributed by atoms with E-state index in [1.807, 2.05) is 12.1 Å². The Morgan fingerprint density at radius 1 is 1.31 bits per heavy atom. The Morgan fingerprint density at radius 2 is 2.00 bits per heavy atom. The van der Waals surface area contributed by atoms with E-state index in [0.717, 1.165) is 5.56 Å². The van der Waals surface area contributed by atoms with Gasteiger partial charge in [0, 0.05) is 5.02 Å². The molecule has 0 amide bonds. The number of benzene rings is 1. The van der Waals surface area contributed by atoms with Gasteiger partial charge in [0.15, 0.2) is 0 Å². The first-order valence-corrected chi connectivity index (χ1v) is 4.96. The summed E-state index contributed by atoms with van der Waals surface area (Å²) in [6.07, 6.45) is 1.37. The highest BCUT2D eigenvalue weighted by Gasteiger charge is 2.00. The molecule has 1 aromatic heterocycles. The van der Waals surface area contributed by atoms with Crippen molar-refractivity contribution in [3.8, 4) is 0 Å². The van der Waals surface area contributed by atoms with Crippen LogP contribution in [0.3, 0.4) is 0 Å². The maximum Gasteiger partial charge on any atom is 0.352 e. The van der Waals surface area contributed by atoms with Crippen LogP contribution in [0.4, 0.5) is 5.95 Å². The molecule has 0 saturated heterocycles. The quantitative estimate of drug-likeness (QED) is 0.842. The van der Waals surface area contributed by atoms with E-state index < -0.39 is 5.69 Å². The maximum absolute atomic E-state index is 11.4. The molecule has 16 heavy (non-hydrogen) atoms. The van der Waals surface area contributed by atoms with Gasteiger partial charge >= 0.3 is 5.69 Å². The molecule has 2 rings (SSSR count). The van der Waals surface area contributed by atoms with E-state index in [0.29, 0.717) is 11.6 Å². The predicted molar refractivity (Wildman–Crippen MR) is 61.3 cm³/mol. The highest BCUT2D eigenvalue weighted by atomic mass is 35.5. The van der Waals surface area contributed by atoms with Crippen molar-refractivity contribution in [2.75, 3.05) is 5.73 Å². The number of nitrogens with zero attached hydrogens (tertiary/aromatic N) is 3. The minimum Gasteiger partial charge on any atom is -0.368 e. The molecule has 0 spiro atoms. The molecule has 6 heteroatoms.